The number of rotatable bonds is 6. The van der Waals surface area contributed by atoms with Gasteiger partial charge in [-0.25, -0.2) is 4.98 Å². The average Bonchev–Trinajstić information content (AvgIpc) is 2.51. The number of aromatic nitrogens is 1. The molecule has 1 amide bonds. The lowest BCUT2D eigenvalue weighted by molar-refractivity contribution is -0.115. The number of pyridine rings is 1. The fourth-order valence-electron chi connectivity index (χ4n) is 1.68. The van der Waals surface area contributed by atoms with Crippen molar-refractivity contribution in [1.82, 2.24) is 4.98 Å². The number of hydrogen-bond donors (Lipinski definition) is 1. The summed E-state index contributed by atoms with van der Waals surface area (Å²) in [5.74, 6) is -0.467. The molecule has 1 atom stereocenters. The molecule has 0 aliphatic carbocycles. The summed E-state index contributed by atoms with van der Waals surface area (Å²) in [5.41, 5.74) is 0.178. The highest BCUT2D eigenvalue weighted by molar-refractivity contribution is 8.00. The van der Waals surface area contributed by atoms with Gasteiger partial charge in [0.1, 0.15) is 10.8 Å². The standard InChI is InChI=1S/C15H13ClF2N2O2S/c1-9(23-14-10(16)5-4-8-19-14)13(21)20-11-6-2-3-7-12(11)22-15(17)18/h2-9,15H,1H3,(H,20,21)/t9-/m1/s1. The second-order valence-corrected chi connectivity index (χ2v) is 6.15. The van der Waals surface area contributed by atoms with Gasteiger partial charge in [-0.3, -0.25) is 4.79 Å². The molecule has 0 spiro atoms. The molecule has 1 aromatic carbocycles. The maximum absolute atomic E-state index is 12.4. The number of amides is 1. The fourth-order valence-corrected chi connectivity index (χ4v) is 2.74. The van der Waals surface area contributed by atoms with E-state index in [9.17, 15) is 13.6 Å². The molecule has 122 valence electrons. The molecule has 0 saturated carbocycles. The Morgan fingerprint density at radius 1 is 1.30 bits per heavy atom. The molecule has 0 aliphatic rings. The highest BCUT2D eigenvalue weighted by Crippen LogP contribution is 2.30. The molecule has 0 bridgehead atoms. The zero-order chi connectivity index (χ0) is 16.8. The molecule has 2 aromatic rings. The van der Waals surface area contributed by atoms with Crippen LogP contribution in [0.4, 0.5) is 14.5 Å². The number of nitrogens with zero attached hydrogens (tertiary/aromatic N) is 1. The summed E-state index contributed by atoms with van der Waals surface area (Å²) >= 11 is 7.17. The Bertz CT molecular complexity index is 688. The molecule has 4 nitrogen and oxygen atoms in total. The van der Waals surface area contributed by atoms with Crippen LogP contribution in [0.5, 0.6) is 5.75 Å². The van der Waals surface area contributed by atoms with E-state index in [-0.39, 0.29) is 17.3 Å². The van der Waals surface area contributed by atoms with E-state index < -0.39 is 11.9 Å². The number of para-hydroxylation sites is 2. The van der Waals surface area contributed by atoms with Crippen molar-refractivity contribution in [3.63, 3.8) is 0 Å². The maximum atomic E-state index is 12.4. The first-order chi connectivity index (χ1) is 11.0. The molecule has 0 unspecified atom stereocenters. The summed E-state index contributed by atoms with van der Waals surface area (Å²) in [7, 11) is 0. The Kier molecular flexibility index (Phi) is 6.18. The minimum Gasteiger partial charge on any atom is -0.433 e. The lowest BCUT2D eigenvalue weighted by Crippen LogP contribution is -2.23. The van der Waals surface area contributed by atoms with E-state index in [0.717, 1.165) is 0 Å². The number of nitrogens with one attached hydrogen (secondary N) is 1. The topological polar surface area (TPSA) is 51.2 Å². The summed E-state index contributed by atoms with van der Waals surface area (Å²) < 4.78 is 29.1. The number of carbonyl (C=O) groups excluding carboxylic acids is 1. The number of anilines is 1. The molecule has 0 saturated heterocycles. The van der Waals surface area contributed by atoms with Crippen molar-refractivity contribution in [3.8, 4) is 5.75 Å². The second-order valence-electron chi connectivity index (χ2n) is 4.41. The third-order valence-electron chi connectivity index (χ3n) is 2.74. The third kappa shape index (κ3) is 5.07. The molecule has 23 heavy (non-hydrogen) atoms. The first-order valence-corrected chi connectivity index (χ1v) is 7.85. The first kappa shape index (κ1) is 17.5. The lowest BCUT2D eigenvalue weighted by atomic mass is 10.3. The van der Waals surface area contributed by atoms with Crippen molar-refractivity contribution < 1.29 is 18.3 Å². The Morgan fingerprint density at radius 3 is 2.74 bits per heavy atom. The number of benzene rings is 1. The van der Waals surface area contributed by atoms with Gasteiger partial charge in [-0.1, -0.05) is 35.5 Å². The van der Waals surface area contributed by atoms with E-state index in [1.807, 2.05) is 0 Å². The van der Waals surface area contributed by atoms with Crippen molar-refractivity contribution in [2.24, 2.45) is 0 Å². The quantitative estimate of drug-likeness (QED) is 0.775. The predicted molar refractivity (Wildman–Crippen MR) is 86.3 cm³/mol. The SMILES string of the molecule is C[C@@H](Sc1ncccc1Cl)C(=O)Nc1ccccc1OC(F)F. The van der Waals surface area contributed by atoms with Gasteiger partial charge in [-0.15, -0.1) is 0 Å². The maximum Gasteiger partial charge on any atom is 0.387 e. The molecule has 0 radical (unpaired) electrons. The van der Waals surface area contributed by atoms with Gasteiger partial charge in [0.25, 0.3) is 0 Å². The fraction of sp³-hybridized carbons (Fsp3) is 0.200. The van der Waals surface area contributed by atoms with Gasteiger partial charge in [0.15, 0.2) is 0 Å². The van der Waals surface area contributed by atoms with Gasteiger partial charge < -0.3 is 10.1 Å². The Hall–Kier alpha value is -1.86. The number of carbonyl (C=O) groups is 1. The van der Waals surface area contributed by atoms with Gasteiger partial charge in [0, 0.05) is 6.20 Å². The van der Waals surface area contributed by atoms with Crippen molar-refractivity contribution >= 4 is 35.0 Å². The van der Waals surface area contributed by atoms with E-state index in [2.05, 4.69) is 15.0 Å². The predicted octanol–water partition coefficient (Wildman–Crippen LogP) is 4.46. The number of alkyl halides is 2. The minimum absolute atomic E-state index is 0.0936. The molecule has 8 heteroatoms. The molecule has 1 N–H and O–H groups in total. The number of thioether (sulfide) groups is 1. The summed E-state index contributed by atoms with van der Waals surface area (Å²) in [4.78, 5) is 16.3. The van der Waals surface area contributed by atoms with Crippen LogP contribution in [0.1, 0.15) is 6.92 Å². The van der Waals surface area contributed by atoms with Crippen molar-refractivity contribution in [3.05, 3.63) is 47.6 Å². The lowest BCUT2D eigenvalue weighted by Gasteiger charge is -2.15. The van der Waals surface area contributed by atoms with Crippen molar-refractivity contribution in [1.29, 1.82) is 0 Å². The monoisotopic (exact) mass is 358 g/mol. The van der Waals surface area contributed by atoms with Gasteiger partial charge >= 0.3 is 6.61 Å². The number of ether oxygens (including phenoxy) is 1. The van der Waals surface area contributed by atoms with Crippen LogP contribution in [0.25, 0.3) is 0 Å². The van der Waals surface area contributed by atoms with Crippen molar-refractivity contribution in [2.75, 3.05) is 5.32 Å². The van der Waals surface area contributed by atoms with Gasteiger partial charge in [0.05, 0.1) is 16.0 Å². The van der Waals surface area contributed by atoms with Crippen LogP contribution < -0.4 is 10.1 Å². The van der Waals surface area contributed by atoms with Crippen LogP contribution in [0.3, 0.4) is 0 Å². The van der Waals surface area contributed by atoms with E-state index in [0.29, 0.717) is 10.0 Å². The smallest absolute Gasteiger partial charge is 0.387 e. The largest absolute Gasteiger partial charge is 0.433 e. The summed E-state index contributed by atoms with van der Waals surface area (Å²) in [6.07, 6.45) is 1.57. The van der Waals surface area contributed by atoms with E-state index in [1.54, 1.807) is 37.4 Å². The second kappa shape index (κ2) is 8.12. The van der Waals surface area contributed by atoms with Crippen LogP contribution in [0, 0.1) is 0 Å². The van der Waals surface area contributed by atoms with E-state index in [4.69, 9.17) is 11.6 Å². The molecule has 1 heterocycles. The highest BCUT2D eigenvalue weighted by Gasteiger charge is 2.19. The number of halogens is 3. The molecule has 0 aliphatic heterocycles. The summed E-state index contributed by atoms with van der Waals surface area (Å²) in [5, 5.41) is 3.01. The molecule has 0 fully saturated rings. The van der Waals surface area contributed by atoms with E-state index in [1.165, 1.54) is 23.9 Å². The van der Waals surface area contributed by atoms with Crippen LogP contribution >= 0.6 is 23.4 Å². The van der Waals surface area contributed by atoms with Gasteiger partial charge in [-0.2, -0.15) is 8.78 Å². The normalized spacial score (nSPS) is 12.0. The van der Waals surface area contributed by atoms with Crippen molar-refractivity contribution in [2.45, 2.75) is 23.8 Å². The molecule has 1 aromatic heterocycles. The average molecular weight is 359 g/mol. The number of hydrogen-bond acceptors (Lipinski definition) is 4. The Balaban J connectivity index is 2.05. The van der Waals surface area contributed by atoms with Crippen LogP contribution in [-0.4, -0.2) is 22.8 Å². The van der Waals surface area contributed by atoms with E-state index >= 15 is 0 Å². The van der Waals surface area contributed by atoms with Crippen LogP contribution in [0.2, 0.25) is 5.02 Å². The molecular formula is C15H13ClF2N2O2S. The minimum atomic E-state index is -2.97. The van der Waals surface area contributed by atoms with Gasteiger partial charge in [-0.05, 0) is 31.2 Å². The Morgan fingerprint density at radius 2 is 2.04 bits per heavy atom. The van der Waals surface area contributed by atoms with Gasteiger partial charge in [0.2, 0.25) is 5.91 Å². The summed E-state index contributed by atoms with van der Waals surface area (Å²) in [6.45, 7) is -1.30. The highest BCUT2D eigenvalue weighted by atomic mass is 35.5. The molecular weight excluding hydrogens is 346 g/mol. The van der Waals surface area contributed by atoms with Crippen LogP contribution in [0.15, 0.2) is 47.6 Å². The third-order valence-corrected chi connectivity index (χ3v) is 4.28. The zero-order valence-electron chi connectivity index (χ0n) is 12.0. The summed E-state index contributed by atoms with van der Waals surface area (Å²) in [6, 6.07) is 9.36. The first-order valence-electron chi connectivity index (χ1n) is 6.59. The van der Waals surface area contributed by atoms with Crippen LogP contribution in [-0.2, 0) is 4.79 Å². The Labute approximate surface area is 141 Å². The zero-order valence-corrected chi connectivity index (χ0v) is 13.6. The molecule has 2 rings (SSSR count).